The van der Waals surface area contributed by atoms with E-state index in [0.717, 1.165) is 64.8 Å². The number of amides is 2. The molecule has 0 aliphatic carbocycles. The molecule has 140 valence electrons. The highest BCUT2D eigenvalue weighted by Crippen LogP contribution is 2.43. The van der Waals surface area contributed by atoms with E-state index in [9.17, 15) is 9.59 Å². The molecule has 5 nitrogen and oxygen atoms in total. The number of nitrogens with zero attached hydrogens (tertiary/aromatic N) is 2. The molecule has 3 aliphatic rings. The Morgan fingerprint density at radius 1 is 1.15 bits per heavy atom. The molecule has 2 amide bonds. The summed E-state index contributed by atoms with van der Waals surface area (Å²) in [4.78, 5) is 29.0. The SMILES string of the molecule is O=C1NCCN2CC3(CCN(C(=O)CCCc4ccccc4)CC3)CC12. The van der Waals surface area contributed by atoms with Crippen molar-refractivity contribution >= 4 is 11.8 Å². The lowest BCUT2D eigenvalue weighted by Gasteiger charge is -2.39. The summed E-state index contributed by atoms with van der Waals surface area (Å²) < 4.78 is 0. The van der Waals surface area contributed by atoms with Gasteiger partial charge in [-0.15, -0.1) is 0 Å². The van der Waals surface area contributed by atoms with Gasteiger partial charge in [0.15, 0.2) is 0 Å². The molecule has 5 heteroatoms. The van der Waals surface area contributed by atoms with Crippen molar-refractivity contribution in [2.24, 2.45) is 5.41 Å². The molecule has 1 aromatic rings. The normalized spacial score (nSPS) is 25.2. The maximum atomic E-state index is 12.5. The standard InChI is InChI=1S/C21H29N3O2/c25-19(8-4-7-17-5-2-1-3-6-17)23-12-9-21(10-13-23)15-18-20(26)22-11-14-24(18)16-21/h1-3,5-6,18H,4,7-16H2,(H,22,26). The molecule has 1 atom stereocenters. The Morgan fingerprint density at radius 3 is 2.65 bits per heavy atom. The van der Waals surface area contributed by atoms with Gasteiger partial charge in [-0.2, -0.15) is 0 Å². The second-order valence-electron chi connectivity index (χ2n) is 8.20. The topological polar surface area (TPSA) is 52.7 Å². The summed E-state index contributed by atoms with van der Waals surface area (Å²) in [6.45, 7) is 4.48. The number of fused-ring (bicyclic) bond motifs is 1. The number of benzene rings is 1. The number of hydrogen-bond donors (Lipinski definition) is 1. The van der Waals surface area contributed by atoms with E-state index >= 15 is 0 Å². The van der Waals surface area contributed by atoms with E-state index < -0.39 is 0 Å². The van der Waals surface area contributed by atoms with E-state index in [-0.39, 0.29) is 17.4 Å². The molecule has 0 bridgehead atoms. The van der Waals surface area contributed by atoms with E-state index in [0.29, 0.717) is 12.3 Å². The zero-order valence-corrected chi connectivity index (χ0v) is 15.5. The van der Waals surface area contributed by atoms with Gasteiger partial charge >= 0.3 is 0 Å². The number of likely N-dealkylation sites (tertiary alicyclic amines) is 1. The lowest BCUT2D eigenvalue weighted by atomic mass is 9.76. The number of piperidine rings is 1. The second kappa shape index (κ2) is 7.39. The van der Waals surface area contributed by atoms with Crippen molar-refractivity contribution in [1.82, 2.24) is 15.1 Å². The predicted molar refractivity (Wildman–Crippen MR) is 101 cm³/mol. The molecule has 1 spiro atoms. The minimum atomic E-state index is 0.0665. The molecular weight excluding hydrogens is 326 g/mol. The lowest BCUT2D eigenvalue weighted by Crippen LogP contribution is -2.52. The molecule has 1 N–H and O–H groups in total. The highest BCUT2D eigenvalue weighted by Gasteiger charge is 2.49. The molecule has 4 rings (SSSR count). The minimum absolute atomic E-state index is 0.0665. The predicted octanol–water partition coefficient (Wildman–Crippen LogP) is 1.82. The lowest BCUT2D eigenvalue weighted by molar-refractivity contribution is -0.133. The fourth-order valence-corrected chi connectivity index (χ4v) is 4.92. The maximum Gasteiger partial charge on any atom is 0.237 e. The van der Waals surface area contributed by atoms with Crippen LogP contribution in [0, 0.1) is 5.41 Å². The Hall–Kier alpha value is -1.88. The summed E-state index contributed by atoms with van der Waals surface area (Å²) in [5, 5.41) is 2.99. The van der Waals surface area contributed by atoms with Crippen molar-refractivity contribution in [3.8, 4) is 0 Å². The van der Waals surface area contributed by atoms with Crippen LogP contribution in [-0.2, 0) is 16.0 Å². The molecule has 3 heterocycles. The Morgan fingerprint density at radius 2 is 1.92 bits per heavy atom. The number of aryl methyl sites for hydroxylation is 1. The van der Waals surface area contributed by atoms with Crippen LogP contribution >= 0.6 is 0 Å². The van der Waals surface area contributed by atoms with E-state index in [2.05, 4.69) is 34.5 Å². The Labute approximate surface area is 155 Å². The summed E-state index contributed by atoms with van der Waals surface area (Å²) in [6.07, 6.45) is 5.57. The number of rotatable bonds is 4. The van der Waals surface area contributed by atoms with E-state index in [1.54, 1.807) is 0 Å². The van der Waals surface area contributed by atoms with Crippen LogP contribution in [0.4, 0.5) is 0 Å². The van der Waals surface area contributed by atoms with Crippen LogP contribution in [0.25, 0.3) is 0 Å². The van der Waals surface area contributed by atoms with E-state index in [1.165, 1.54) is 5.56 Å². The third-order valence-corrected chi connectivity index (χ3v) is 6.48. The van der Waals surface area contributed by atoms with Gasteiger partial charge in [-0.05, 0) is 43.1 Å². The summed E-state index contributed by atoms with van der Waals surface area (Å²) in [6, 6.07) is 10.4. The number of piperazine rings is 1. The zero-order chi connectivity index (χ0) is 18.0. The number of carbonyl (C=O) groups is 2. The Bertz CT molecular complexity index is 652. The Kier molecular flexibility index (Phi) is 4.98. The van der Waals surface area contributed by atoms with Gasteiger partial charge in [-0.25, -0.2) is 0 Å². The summed E-state index contributed by atoms with van der Waals surface area (Å²) in [5.74, 6) is 0.497. The van der Waals surface area contributed by atoms with Gasteiger partial charge in [-0.1, -0.05) is 30.3 Å². The average molecular weight is 355 g/mol. The third-order valence-electron chi connectivity index (χ3n) is 6.48. The van der Waals surface area contributed by atoms with Crippen molar-refractivity contribution in [3.63, 3.8) is 0 Å². The minimum Gasteiger partial charge on any atom is -0.353 e. The molecule has 3 saturated heterocycles. The van der Waals surface area contributed by atoms with Crippen molar-refractivity contribution in [2.45, 2.75) is 44.6 Å². The van der Waals surface area contributed by atoms with Crippen LogP contribution in [0.2, 0.25) is 0 Å². The second-order valence-corrected chi connectivity index (χ2v) is 8.20. The van der Waals surface area contributed by atoms with Crippen LogP contribution in [-0.4, -0.2) is 60.4 Å². The molecule has 0 saturated carbocycles. The third kappa shape index (κ3) is 3.63. The van der Waals surface area contributed by atoms with Crippen molar-refractivity contribution in [2.75, 3.05) is 32.7 Å². The molecular formula is C21H29N3O2. The highest BCUT2D eigenvalue weighted by molar-refractivity contribution is 5.83. The van der Waals surface area contributed by atoms with Crippen LogP contribution in [0.5, 0.6) is 0 Å². The molecule has 3 fully saturated rings. The average Bonchev–Trinajstić information content (AvgIpc) is 3.02. The van der Waals surface area contributed by atoms with Gasteiger partial charge in [0, 0.05) is 39.1 Å². The summed E-state index contributed by atoms with van der Waals surface area (Å²) in [5.41, 5.74) is 1.55. The fourth-order valence-electron chi connectivity index (χ4n) is 4.92. The number of nitrogens with one attached hydrogen (secondary N) is 1. The van der Waals surface area contributed by atoms with E-state index in [1.807, 2.05) is 11.0 Å². The van der Waals surface area contributed by atoms with Crippen molar-refractivity contribution < 1.29 is 9.59 Å². The van der Waals surface area contributed by atoms with Crippen LogP contribution in [0.1, 0.15) is 37.7 Å². The molecule has 0 aromatic heterocycles. The molecule has 1 unspecified atom stereocenters. The fraction of sp³-hybridized carbons (Fsp3) is 0.619. The van der Waals surface area contributed by atoms with Gasteiger partial charge in [0.2, 0.25) is 11.8 Å². The first-order valence-corrected chi connectivity index (χ1v) is 9.99. The molecule has 26 heavy (non-hydrogen) atoms. The van der Waals surface area contributed by atoms with Gasteiger partial charge in [0.1, 0.15) is 0 Å². The first-order chi connectivity index (χ1) is 12.7. The van der Waals surface area contributed by atoms with Crippen LogP contribution in [0.3, 0.4) is 0 Å². The van der Waals surface area contributed by atoms with Gasteiger partial charge in [-0.3, -0.25) is 14.5 Å². The number of hydrogen-bond acceptors (Lipinski definition) is 3. The summed E-state index contributed by atoms with van der Waals surface area (Å²) in [7, 11) is 0. The van der Waals surface area contributed by atoms with Crippen molar-refractivity contribution in [3.05, 3.63) is 35.9 Å². The monoisotopic (exact) mass is 355 g/mol. The van der Waals surface area contributed by atoms with Crippen LogP contribution in [0.15, 0.2) is 30.3 Å². The number of carbonyl (C=O) groups excluding carboxylic acids is 2. The summed E-state index contributed by atoms with van der Waals surface area (Å²) >= 11 is 0. The first-order valence-electron chi connectivity index (χ1n) is 9.99. The van der Waals surface area contributed by atoms with Gasteiger partial charge < -0.3 is 10.2 Å². The molecule has 1 aromatic carbocycles. The van der Waals surface area contributed by atoms with Crippen LogP contribution < -0.4 is 5.32 Å². The Balaban J connectivity index is 1.24. The zero-order valence-electron chi connectivity index (χ0n) is 15.5. The largest absolute Gasteiger partial charge is 0.353 e. The molecule has 3 aliphatic heterocycles. The maximum absolute atomic E-state index is 12.5. The quantitative estimate of drug-likeness (QED) is 0.896. The van der Waals surface area contributed by atoms with Gasteiger partial charge in [0.05, 0.1) is 6.04 Å². The first kappa shape index (κ1) is 17.5. The molecule has 0 radical (unpaired) electrons. The van der Waals surface area contributed by atoms with E-state index in [4.69, 9.17) is 0 Å². The van der Waals surface area contributed by atoms with Crippen molar-refractivity contribution in [1.29, 1.82) is 0 Å². The van der Waals surface area contributed by atoms with Gasteiger partial charge in [0.25, 0.3) is 0 Å². The smallest absolute Gasteiger partial charge is 0.237 e. The highest BCUT2D eigenvalue weighted by atomic mass is 16.2.